The molecule has 0 aliphatic carbocycles. The topological polar surface area (TPSA) is 88.7 Å². The quantitative estimate of drug-likeness (QED) is 0.635. The summed E-state index contributed by atoms with van der Waals surface area (Å²) in [5.74, 6) is -3.00. The maximum atomic E-state index is 13.8. The molecule has 1 heterocycles. The zero-order valence-corrected chi connectivity index (χ0v) is 14.5. The molecule has 1 aliphatic rings. The first-order valence-electron chi connectivity index (χ1n) is 7.99. The molecule has 150 valence electrons. The summed E-state index contributed by atoms with van der Waals surface area (Å²) in [6, 6.07) is 1.37. The first kappa shape index (κ1) is 20.9. The van der Waals surface area contributed by atoms with Crippen molar-refractivity contribution in [3.8, 4) is 5.75 Å². The van der Waals surface area contributed by atoms with Gasteiger partial charge in [-0.15, -0.1) is 13.2 Å². The van der Waals surface area contributed by atoms with Gasteiger partial charge in [-0.25, -0.2) is 4.39 Å². The second kappa shape index (κ2) is 8.53. The maximum Gasteiger partial charge on any atom is 0.573 e. The van der Waals surface area contributed by atoms with E-state index < -0.39 is 42.1 Å². The first-order chi connectivity index (χ1) is 12.6. The van der Waals surface area contributed by atoms with Crippen LogP contribution in [0.4, 0.5) is 17.6 Å². The number of ether oxygens (including phenoxy) is 2. The van der Waals surface area contributed by atoms with Gasteiger partial charge in [0.25, 0.3) is 0 Å². The molecular formula is C16H19F4N3O4. The molecular weight excluding hydrogens is 374 g/mol. The van der Waals surface area contributed by atoms with Gasteiger partial charge in [-0.1, -0.05) is 6.07 Å². The van der Waals surface area contributed by atoms with Gasteiger partial charge in [0.05, 0.1) is 25.1 Å². The van der Waals surface area contributed by atoms with Crippen LogP contribution >= 0.6 is 0 Å². The fraction of sp³-hybridized carbons (Fsp3) is 0.500. The van der Waals surface area contributed by atoms with E-state index in [9.17, 15) is 27.2 Å². The Bertz CT molecular complexity index is 699. The van der Waals surface area contributed by atoms with Crippen LogP contribution in [0.3, 0.4) is 0 Å². The summed E-state index contributed by atoms with van der Waals surface area (Å²) in [4.78, 5) is 24.0. The number of carbonyl (C=O) groups excluding carboxylic acids is 2. The van der Waals surface area contributed by atoms with Gasteiger partial charge in [0.15, 0.2) is 11.6 Å². The number of benzene rings is 1. The Morgan fingerprint density at radius 2 is 2.11 bits per heavy atom. The third kappa shape index (κ3) is 6.07. The van der Waals surface area contributed by atoms with E-state index in [4.69, 9.17) is 4.74 Å². The second-order valence-electron chi connectivity index (χ2n) is 5.97. The number of nitrogens with one attached hydrogen (secondary N) is 3. The predicted molar refractivity (Wildman–Crippen MR) is 85.0 cm³/mol. The summed E-state index contributed by atoms with van der Waals surface area (Å²) >= 11 is 0. The number of hydrogen-bond donors (Lipinski definition) is 3. The van der Waals surface area contributed by atoms with Gasteiger partial charge in [0.1, 0.15) is 6.17 Å². The zero-order valence-electron chi connectivity index (χ0n) is 14.5. The van der Waals surface area contributed by atoms with Crippen LogP contribution in [0.25, 0.3) is 0 Å². The summed E-state index contributed by atoms with van der Waals surface area (Å²) in [5, 5.41) is 8.10. The number of methoxy groups -OCH3 is 1. The average Bonchev–Trinajstić information content (AvgIpc) is 2.55. The number of hydrogen-bond acceptors (Lipinski definition) is 5. The van der Waals surface area contributed by atoms with Gasteiger partial charge >= 0.3 is 6.36 Å². The van der Waals surface area contributed by atoms with Gasteiger partial charge in [-0.3, -0.25) is 14.9 Å². The number of rotatable bonds is 6. The SMILES string of the molecule is COCC1NC(=O)CC(C(=O)N[C@H](C)c2ccc(OC(F)(F)F)c(F)c2)N1. The average molecular weight is 393 g/mol. The number of carbonyl (C=O) groups is 2. The molecule has 0 bridgehead atoms. The summed E-state index contributed by atoms with van der Waals surface area (Å²) in [7, 11) is 1.44. The molecule has 2 rings (SSSR count). The van der Waals surface area contributed by atoms with Crippen LogP contribution in [0.15, 0.2) is 18.2 Å². The van der Waals surface area contributed by atoms with Crippen molar-refractivity contribution in [2.45, 2.75) is 38.0 Å². The summed E-state index contributed by atoms with van der Waals surface area (Å²) < 4.78 is 58.8. The van der Waals surface area contributed by atoms with Crippen LogP contribution in [-0.2, 0) is 14.3 Å². The minimum absolute atomic E-state index is 0.0918. The molecule has 0 radical (unpaired) electrons. The highest BCUT2D eigenvalue weighted by molar-refractivity contribution is 5.89. The standard InChI is InChI=1S/C16H19F4N3O4/c1-8(9-3-4-12(10(17)5-9)27-16(18,19)20)21-15(25)11-6-14(24)23-13(22-11)7-26-2/h3-5,8,11,13,22H,6-7H2,1-2H3,(H,21,25)(H,23,24)/t8-,11?,13?/m1/s1. The minimum atomic E-state index is -5.01. The molecule has 1 fully saturated rings. The summed E-state index contributed by atoms with van der Waals surface area (Å²) in [5.41, 5.74) is 0.240. The predicted octanol–water partition coefficient (Wildman–Crippen LogP) is 1.35. The fourth-order valence-electron chi connectivity index (χ4n) is 2.60. The molecule has 7 nitrogen and oxygen atoms in total. The Hall–Kier alpha value is -2.40. The minimum Gasteiger partial charge on any atom is -0.403 e. The molecule has 0 saturated carbocycles. The summed E-state index contributed by atoms with van der Waals surface area (Å²) in [6.45, 7) is 1.70. The van der Waals surface area contributed by atoms with Crippen LogP contribution in [0, 0.1) is 5.82 Å². The Labute approximate surface area is 152 Å². The Morgan fingerprint density at radius 1 is 1.41 bits per heavy atom. The van der Waals surface area contributed by atoms with Crippen molar-refractivity contribution in [1.82, 2.24) is 16.0 Å². The van der Waals surface area contributed by atoms with Crippen molar-refractivity contribution in [3.05, 3.63) is 29.6 Å². The van der Waals surface area contributed by atoms with Gasteiger partial charge in [0, 0.05) is 7.11 Å². The van der Waals surface area contributed by atoms with Crippen molar-refractivity contribution in [1.29, 1.82) is 0 Å². The fourth-order valence-corrected chi connectivity index (χ4v) is 2.60. The highest BCUT2D eigenvalue weighted by atomic mass is 19.4. The van der Waals surface area contributed by atoms with E-state index in [-0.39, 0.29) is 24.5 Å². The van der Waals surface area contributed by atoms with Crippen LogP contribution in [0.5, 0.6) is 5.75 Å². The summed E-state index contributed by atoms with van der Waals surface area (Å²) in [6.07, 6.45) is -5.63. The maximum absolute atomic E-state index is 13.8. The van der Waals surface area contributed by atoms with E-state index in [0.717, 1.165) is 12.1 Å². The largest absolute Gasteiger partial charge is 0.573 e. The van der Waals surface area contributed by atoms with Crippen molar-refractivity contribution in [3.63, 3.8) is 0 Å². The number of alkyl halides is 3. The third-order valence-corrected chi connectivity index (χ3v) is 3.82. The van der Waals surface area contributed by atoms with E-state index in [1.54, 1.807) is 0 Å². The Balaban J connectivity index is 2.01. The molecule has 27 heavy (non-hydrogen) atoms. The zero-order chi connectivity index (χ0) is 20.2. The molecule has 1 aliphatic heterocycles. The van der Waals surface area contributed by atoms with E-state index >= 15 is 0 Å². The second-order valence-corrected chi connectivity index (χ2v) is 5.97. The molecule has 1 saturated heterocycles. The highest BCUT2D eigenvalue weighted by Crippen LogP contribution is 2.27. The van der Waals surface area contributed by atoms with Gasteiger partial charge in [0.2, 0.25) is 11.8 Å². The van der Waals surface area contributed by atoms with Crippen LogP contribution < -0.4 is 20.7 Å². The lowest BCUT2D eigenvalue weighted by atomic mass is 10.1. The normalized spacial score (nSPS) is 21.3. The van der Waals surface area contributed by atoms with Crippen LogP contribution in [-0.4, -0.2) is 44.1 Å². The van der Waals surface area contributed by atoms with Crippen molar-refractivity contribution >= 4 is 11.8 Å². The first-order valence-corrected chi connectivity index (χ1v) is 7.99. The van der Waals surface area contributed by atoms with Crippen molar-refractivity contribution < 1.29 is 36.6 Å². The molecule has 3 N–H and O–H groups in total. The Morgan fingerprint density at radius 3 is 2.70 bits per heavy atom. The smallest absolute Gasteiger partial charge is 0.403 e. The third-order valence-electron chi connectivity index (χ3n) is 3.82. The molecule has 0 spiro atoms. The lowest BCUT2D eigenvalue weighted by Gasteiger charge is -2.31. The molecule has 1 aromatic rings. The van der Waals surface area contributed by atoms with Crippen molar-refractivity contribution in [2.75, 3.05) is 13.7 Å². The van der Waals surface area contributed by atoms with E-state index in [1.807, 2.05) is 0 Å². The van der Waals surface area contributed by atoms with Gasteiger partial charge < -0.3 is 20.1 Å². The molecule has 3 atom stereocenters. The number of amides is 2. The lowest BCUT2D eigenvalue weighted by Crippen LogP contribution is -2.62. The van der Waals surface area contributed by atoms with E-state index in [0.29, 0.717) is 0 Å². The van der Waals surface area contributed by atoms with Crippen LogP contribution in [0.1, 0.15) is 24.9 Å². The monoisotopic (exact) mass is 393 g/mol. The molecule has 2 amide bonds. The Kier molecular flexibility index (Phi) is 6.60. The van der Waals surface area contributed by atoms with E-state index in [1.165, 1.54) is 20.1 Å². The van der Waals surface area contributed by atoms with Crippen molar-refractivity contribution in [2.24, 2.45) is 0 Å². The van der Waals surface area contributed by atoms with E-state index in [2.05, 4.69) is 20.7 Å². The number of halogens is 4. The molecule has 11 heteroatoms. The van der Waals surface area contributed by atoms with Crippen LogP contribution in [0.2, 0.25) is 0 Å². The lowest BCUT2D eigenvalue weighted by molar-refractivity contribution is -0.275. The molecule has 0 aromatic heterocycles. The van der Waals surface area contributed by atoms with Gasteiger partial charge in [-0.2, -0.15) is 0 Å². The molecule has 1 aromatic carbocycles. The highest BCUT2D eigenvalue weighted by Gasteiger charge is 2.33. The molecule has 2 unspecified atom stereocenters. The van der Waals surface area contributed by atoms with Gasteiger partial charge in [-0.05, 0) is 24.6 Å².